The number of methoxy groups -OCH3 is 1. The summed E-state index contributed by atoms with van der Waals surface area (Å²) >= 11 is 3.21. The highest BCUT2D eigenvalue weighted by atomic mass is 32.1. The van der Waals surface area contributed by atoms with Crippen molar-refractivity contribution in [3.05, 3.63) is 62.7 Å². The maximum Gasteiger partial charge on any atom is 0.328 e. The van der Waals surface area contributed by atoms with Gasteiger partial charge in [0, 0.05) is 22.0 Å². The van der Waals surface area contributed by atoms with Crippen molar-refractivity contribution in [3.8, 4) is 11.5 Å². The summed E-state index contributed by atoms with van der Waals surface area (Å²) in [4.78, 5) is 31.1. The van der Waals surface area contributed by atoms with Crippen LogP contribution in [-0.4, -0.2) is 41.2 Å². The number of ether oxygens (including phenoxy) is 2. The van der Waals surface area contributed by atoms with Gasteiger partial charge in [0.2, 0.25) is 0 Å². The summed E-state index contributed by atoms with van der Waals surface area (Å²) < 4.78 is 10.7. The fraction of sp³-hybridized carbons (Fsp3) is 0.286. The van der Waals surface area contributed by atoms with Gasteiger partial charge < -0.3 is 19.9 Å². The van der Waals surface area contributed by atoms with Crippen LogP contribution in [0.25, 0.3) is 0 Å². The number of carbonyl (C=O) groups excluding carboxylic acids is 2. The third-order valence-corrected chi connectivity index (χ3v) is 6.41. The largest absolute Gasteiger partial charge is 0.503 e. The Hall–Kier alpha value is -2.91. The minimum Gasteiger partial charge on any atom is -0.503 e. The fourth-order valence-corrected chi connectivity index (χ4v) is 4.93. The second kappa shape index (κ2) is 9.73. The van der Waals surface area contributed by atoms with E-state index in [1.165, 1.54) is 26.3 Å². The Kier molecular flexibility index (Phi) is 7.07. The molecule has 0 spiro atoms. The summed E-state index contributed by atoms with van der Waals surface area (Å²) in [6.07, 6.45) is 0.906. The smallest absolute Gasteiger partial charge is 0.328 e. The van der Waals surface area contributed by atoms with Gasteiger partial charge in [-0.3, -0.25) is 4.79 Å². The molecule has 0 aliphatic carbocycles. The average Bonchev–Trinajstić information content (AvgIpc) is 3.43. The second-order valence-corrected chi connectivity index (χ2v) is 8.51. The Balaban J connectivity index is 1.68. The van der Waals surface area contributed by atoms with E-state index in [0.717, 1.165) is 9.75 Å². The van der Waals surface area contributed by atoms with Crippen molar-refractivity contribution in [3.63, 3.8) is 0 Å². The Morgan fingerprint density at radius 1 is 1.10 bits per heavy atom. The molecule has 2 N–H and O–H groups in total. The maximum atomic E-state index is 12.6. The van der Waals surface area contributed by atoms with Crippen LogP contribution in [0, 0.1) is 0 Å². The molecule has 0 aliphatic heterocycles. The van der Waals surface area contributed by atoms with E-state index in [-0.39, 0.29) is 23.1 Å². The van der Waals surface area contributed by atoms with Gasteiger partial charge in [0.1, 0.15) is 12.1 Å². The lowest BCUT2D eigenvalue weighted by atomic mass is 9.99. The number of hydrogen-bond acceptors (Lipinski definition) is 8. The molecule has 0 bridgehead atoms. The van der Waals surface area contributed by atoms with Crippen LogP contribution in [0.5, 0.6) is 11.5 Å². The summed E-state index contributed by atoms with van der Waals surface area (Å²) in [5, 5.41) is 16.6. The molecule has 0 unspecified atom stereocenters. The number of thiophene rings is 2. The SMILES string of the molecule is COc1ccnc(C(=O)N[C@@H](C)C(=O)O[C@@H](C)C(c2cccs2)c2cccs2)c1O. The van der Waals surface area contributed by atoms with Gasteiger partial charge >= 0.3 is 5.97 Å². The molecule has 0 aromatic carbocycles. The first kappa shape index (κ1) is 21.8. The molecule has 7 nitrogen and oxygen atoms in total. The molecule has 3 aromatic rings. The predicted molar refractivity (Wildman–Crippen MR) is 115 cm³/mol. The molecular formula is C21H22N2O5S2. The Labute approximate surface area is 182 Å². The number of carbonyl (C=O) groups is 2. The van der Waals surface area contributed by atoms with Crippen molar-refractivity contribution in [2.24, 2.45) is 0 Å². The second-order valence-electron chi connectivity index (χ2n) is 6.56. The zero-order chi connectivity index (χ0) is 21.7. The summed E-state index contributed by atoms with van der Waals surface area (Å²) in [7, 11) is 1.37. The quantitative estimate of drug-likeness (QED) is 0.511. The van der Waals surface area contributed by atoms with Gasteiger partial charge in [-0.05, 0) is 36.7 Å². The van der Waals surface area contributed by atoms with Crippen molar-refractivity contribution in [2.45, 2.75) is 31.9 Å². The standard InChI is InChI=1S/C21H22N2O5S2/c1-12(23-20(25)18-19(24)14(27-3)8-9-22-18)21(26)28-13(2)17(15-6-4-10-29-15)16-7-5-11-30-16/h4-13,17,24H,1-3H3,(H,23,25)/t12-,13-/m0/s1. The highest BCUT2D eigenvalue weighted by molar-refractivity contribution is 7.11. The zero-order valence-corrected chi connectivity index (χ0v) is 18.3. The number of aromatic nitrogens is 1. The first-order chi connectivity index (χ1) is 14.4. The number of pyridine rings is 1. The van der Waals surface area contributed by atoms with Crippen LogP contribution in [0.4, 0.5) is 0 Å². The Morgan fingerprint density at radius 2 is 1.73 bits per heavy atom. The van der Waals surface area contributed by atoms with E-state index in [1.54, 1.807) is 22.7 Å². The molecule has 3 aromatic heterocycles. The van der Waals surface area contributed by atoms with Crippen molar-refractivity contribution in [2.75, 3.05) is 7.11 Å². The number of nitrogens with one attached hydrogen (secondary N) is 1. The molecule has 0 aliphatic rings. The summed E-state index contributed by atoms with van der Waals surface area (Å²) in [6, 6.07) is 8.46. The summed E-state index contributed by atoms with van der Waals surface area (Å²) in [5.74, 6) is -1.62. The third-order valence-electron chi connectivity index (χ3n) is 4.49. The minimum absolute atomic E-state index is 0.0825. The van der Waals surface area contributed by atoms with Crippen LogP contribution in [-0.2, 0) is 9.53 Å². The lowest BCUT2D eigenvalue weighted by Crippen LogP contribution is -2.41. The van der Waals surface area contributed by atoms with Crippen LogP contribution in [0.1, 0.15) is 40.0 Å². The molecule has 1 amide bonds. The summed E-state index contributed by atoms with van der Waals surface area (Å²) in [6.45, 7) is 3.36. The van der Waals surface area contributed by atoms with E-state index < -0.39 is 24.0 Å². The van der Waals surface area contributed by atoms with Gasteiger partial charge in [0.25, 0.3) is 5.91 Å². The maximum absolute atomic E-state index is 12.6. The number of rotatable bonds is 8. The normalized spacial score (nSPS) is 12.9. The lowest BCUT2D eigenvalue weighted by molar-refractivity contribution is -0.150. The van der Waals surface area contributed by atoms with Gasteiger partial charge in [-0.25, -0.2) is 9.78 Å². The highest BCUT2D eigenvalue weighted by Gasteiger charge is 2.29. The predicted octanol–water partition coefficient (Wildman–Crippen LogP) is 3.80. The van der Waals surface area contributed by atoms with Crippen LogP contribution in [0.2, 0.25) is 0 Å². The van der Waals surface area contributed by atoms with E-state index >= 15 is 0 Å². The van der Waals surface area contributed by atoms with Crippen LogP contribution < -0.4 is 10.1 Å². The molecule has 158 valence electrons. The van der Waals surface area contributed by atoms with Crippen LogP contribution in [0.15, 0.2) is 47.3 Å². The molecular weight excluding hydrogens is 424 g/mol. The van der Waals surface area contributed by atoms with Gasteiger partial charge in [-0.15, -0.1) is 22.7 Å². The van der Waals surface area contributed by atoms with Crippen LogP contribution in [0.3, 0.4) is 0 Å². The molecule has 30 heavy (non-hydrogen) atoms. The van der Waals surface area contributed by atoms with Gasteiger partial charge in [0.15, 0.2) is 17.2 Å². The van der Waals surface area contributed by atoms with Crippen molar-refractivity contribution < 1.29 is 24.2 Å². The number of esters is 1. The Bertz CT molecular complexity index is 955. The van der Waals surface area contributed by atoms with E-state index in [9.17, 15) is 14.7 Å². The van der Waals surface area contributed by atoms with E-state index in [4.69, 9.17) is 9.47 Å². The van der Waals surface area contributed by atoms with Crippen molar-refractivity contribution in [1.29, 1.82) is 0 Å². The van der Waals surface area contributed by atoms with E-state index in [1.807, 2.05) is 41.9 Å². The molecule has 0 saturated heterocycles. The molecule has 2 atom stereocenters. The molecule has 0 fully saturated rings. The first-order valence-electron chi connectivity index (χ1n) is 9.22. The van der Waals surface area contributed by atoms with E-state index in [2.05, 4.69) is 10.3 Å². The number of amides is 1. The average molecular weight is 447 g/mol. The first-order valence-corrected chi connectivity index (χ1v) is 11.0. The highest BCUT2D eigenvalue weighted by Crippen LogP contribution is 2.35. The molecule has 3 rings (SSSR count). The van der Waals surface area contributed by atoms with Crippen molar-refractivity contribution in [1.82, 2.24) is 10.3 Å². The molecule has 0 radical (unpaired) electrons. The summed E-state index contributed by atoms with van der Waals surface area (Å²) in [5.41, 5.74) is -0.225. The topological polar surface area (TPSA) is 97.8 Å². The monoisotopic (exact) mass is 446 g/mol. The molecule has 9 heteroatoms. The van der Waals surface area contributed by atoms with Crippen LogP contribution >= 0.6 is 22.7 Å². The lowest BCUT2D eigenvalue weighted by Gasteiger charge is -2.24. The van der Waals surface area contributed by atoms with Gasteiger partial charge in [-0.2, -0.15) is 0 Å². The number of hydrogen-bond donors (Lipinski definition) is 2. The minimum atomic E-state index is -0.931. The van der Waals surface area contributed by atoms with E-state index in [0.29, 0.717) is 0 Å². The number of nitrogens with zero attached hydrogens (tertiary/aromatic N) is 1. The van der Waals surface area contributed by atoms with Gasteiger partial charge in [-0.1, -0.05) is 12.1 Å². The Morgan fingerprint density at radius 3 is 2.27 bits per heavy atom. The molecule has 0 saturated carbocycles. The zero-order valence-electron chi connectivity index (χ0n) is 16.7. The van der Waals surface area contributed by atoms with Gasteiger partial charge in [0.05, 0.1) is 13.0 Å². The molecule has 3 heterocycles. The number of aromatic hydroxyl groups is 1. The fourth-order valence-electron chi connectivity index (χ4n) is 2.98. The van der Waals surface area contributed by atoms with Crippen molar-refractivity contribution >= 4 is 34.6 Å². The third kappa shape index (κ3) is 4.80.